The molecular formula is C25H28F3N3O7S. The molecule has 1 unspecified atom stereocenters. The molecule has 1 aromatic rings. The summed E-state index contributed by atoms with van der Waals surface area (Å²) in [5, 5.41) is 31.3. The molecule has 212 valence electrons. The highest BCUT2D eigenvalue weighted by Crippen LogP contribution is 2.59. The van der Waals surface area contributed by atoms with Crippen LogP contribution in [0.2, 0.25) is 0 Å². The van der Waals surface area contributed by atoms with Gasteiger partial charge in [-0.2, -0.15) is 13.2 Å². The lowest BCUT2D eigenvalue weighted by Crippen LogP contribution is -2.47. The summed E-state index contributed by atoms with van der Waals surface area (Å²) in [7, 11) is -2.55. The van der Waals surface area contributed by atoms with Crippen LogP contribution < -0.4 is 0 Å². The average Bonchev–Trinajstić information content (AvgIpc) is 2.87. The third-order valence-corrected chi connectivity index (χ3v) is 9.84. The highest BCUT2D eigenvalue weighted by molar-refractivity contribution is 8.24. The summed E-state index contributed by atoms with van der Waals surface area (Å²) in [6, 6.07) is 0.738. The Labute approximate surface area is 224 Å². The van der Waals surface area contributed by atoms with Gasteiger partial charge in [-0.25, -0.2) is 9.59 Å². The molecule has 4 rings (SSSR count). The number of carboxylic acid groups (broad SMARTS) is 2. The van der Waals surface area contributed by atoms with Crippen molar-refractivity contribution < 1.29 is 42.7 Å². The van der Waals surface area contributed by atoms with Crippen LogP contribution in [0.3, 0.4) is 0 Å². The normalized spacial score (nSPS) is 22.3. The van der Waals surface area contributed by atoms with Crippen molar-refractivity contribution >= 4 is 34.3 Å². The van der Waals surface area contributed by atoms with Gasteiger partial charge in [-0.05, 0) is 24.8 Å². The number of carboxylic acids is 2. The van der Waals surface area contributed by atoms with E-state index in [0.717, 1.165) is 25.5 Å². The highest BCUT2D eigenvalue weighted by atomic mass is 32.2. The minimum Gasteiger partial charge on any atom is -0.478 e. The summed E-state index contributed by atoms with van der Waals surface area (Å²) in [6.45, 7) is 2.72. The van der Waals surface area contributed by atoms with Crippen LogP contribution in [0.4, 0.5) is 18.9 Å². The first kappa shape index (κ1) is 28.6. The number of aliphatic carboxylic acids is 2. The number of alkyl halides is 3. The first-order valence-corrected chi connectivity index (χ1v) is 13.8. The summed E-state index contributed by atoms with van der Waals surface area (Å²) in [5.41, 5.74) is -3.15. The molecule has 0 spiro atoms. The van der Waals surface area contributed by atoms with Gasteiger partial charge in [0.2, 0.25) is 0 Å². The van der Waals surface area contributed by atoms with E-state index in [0.29, 0.717) is 44.2 Å². The maximum Gasteiger partial charge on any atom is 0.416 e. The molecule has 2 heterocycles. The number of allylic oxidation sites excluding steroid dienone is 1. The van der Waals surface area contributed by atoms with Gasteiger partial charge in [0.15, 0.2) is 5.78 Å². The molecule has 2 fully saturated rings. The predicted octanol–water partition coefficient (Wildman–Crippen LogP) is 4.26. The Morgan fingerprint density at radius 2 is 1.74 bits per heavy atom. The standard InChI is InChI=1S/C25H28F3N3O7S/c26-25(27,28)16-10-17-19(32)12-21(30-8-6-29(7-9-30)14-15-4-2-1-3-5-15)39(20(24(35)36)13-22(33)34)23(17)18(11-16)31(37)38/h10-13,15,39H,1-9,14H2,(H,33,34)(H,35,36)/b20-13+. The lowest BCUT2D eigenvalue weighted by Gasteiger charge is -2.43. The van der Waals surface area contributed by atoms with E-state index in [-0.39, 0.29) is 11.1 Å². The number of benzene rings is 1. The fourth-order valence-corrected chi connectivity index (χ4v) is 8.10. The molecule has 1 saturated heterocycles. The maximum absolute atomic E-state index is 13.5. The number of thiol groups is 1. The van der Waals surface area contributed by atoms with E-state index in [1.54, 1.807) is 4.90 Å². The van der Waals surface area contributed by atoms with Gasteiger partial charge in [0.25, 0.3) is 5.69 Å². The van der Waals surface area contributed by atoms with E-state index < -0.39 is 66.3 Å². The quantitative estimate of drug-likeness (QED) is 0.189. The molecular weight excluding hydrogens is 543 g/mol. The fourth-order valence-electron chi connectivity index (χ4n) is 5.43. The number of nitrogens with zero attached hydrogens (tertiary/aromatic N) is 3. The van der Waals surface area contributed by atoms with Crippen molar-refractivity contribution in [1.82, 2.24) is 9.80 Å². The van der Waals surface area contributed by atoms with Crippen molar-refractivity contribution in [3.63, 3.8) is 0 Å². The van der Waals surface area contributed by atoms with Crippen LogP contribution in [0, 0.1) is 16.0 Å². The van der Waals surface area contributed by atoms with Crippen molar-refractivity contribution in [1.29, 1.82) is 0 Å². The van der Waals surface area contributed by atoms with Gasteiger partial charge in [-0.1, -0.05) is 19.3 Å². The Bertz CT molecular complexity index is 1250. The van der Waals surface area contributed by atoms with Crippen molar-refractivity contribution in [3.8, 4) is 0 Å². The van der Waals surface area contributed by atoms with Crippen LogP contribution in [0.5, 0.6) is 0 Å². The highest BCUT2D eigenvalue weighted by Gasteiger charge is 2.42. The summed E-state index contributed by atoms with van der Waals surface area (Å²) in [6.07, 6.45) is 2.28. The number of hydrogen-bond donors (Lipinski definition) is 3. The summed E-state index contributed by atoms with van der Waals surface area (Å²) >= 11 is 0. The van der Waals surface area contributed by atoms with E-state index in [1.165, 1.54) is 19.3 Å². The zero-order valence-electron chi connectivity index (χ0n) is 20.8. The lowest BCUT2D eigenvalue weighted by molar-refractivity contribution is -0.388. The summed E-state index contributed by atoms with van der Waals surface area (Å²) in [4.78, 5) is 50.5. The van der Waals surface area contributed by atoms with Gasteiger partial charge in [-0.15, -0.1) is 10.9 Å². The molecule has 1 aromatic carbocycles. The minimum atomic E-state index is -5.01. The summed E-state index contributed by atoms with van der Waals surface area (Å²) < 4.78 is 40.5. The second kappa shape index (κ2) is 11.4. The molecule has 1 atom stereocenters. The van der Waals surface area contributed by atoms with Crippen LogP contribution in [0.25, 0.3) is 0 Å². The number of carbonyl (C=O) groups is 3. The van der Waals surface area contributed by atoms with E-state index in [4.69, 9.17) is 0 Å². The molecule has 39 heavy (non-hydrogen) atoms. The molecule has 10 nitrogen and oxygen atoms in total. The first-order valence-electron chi connectivity index (χ1n) is 12.5. The third kappa shape index (κ3) is 6.27. The minimum absolute atomic E-state index is 0.0811. The van der Waals surface area contributed by atoms with E-state index in [1.807, 2.05) is 0 Å². The van der Waals surface area contributed by atoms with Crippen molar-refractivity contribution in [2.75, 3.05) is 32.7 Å². The van der Waals surface area contributed by atoms with Crippen LogP contribution >= 0.6 is 10.9 Å². The Hall–Kier alpha value is -3.39. The third-order valence-electron chi connectivity index (χ3n) is 7.25. The number of nitro benzene ring substituents is 1. The van der Waals surface area contributed by atoms with Gasteiger partial charge < -0.3 is 15.1 Å². The van der Waals surface area contributed by atoms with Crippen molar-refractivity contribution in [2.45, 2.75) is 43.2 Å². The Kier molecular flexibility index (Phi) is 8.35. The number of carbonyl (C=O) groups excluding carboxylic acids is 1. The predicted molar refractivity (Wildman–Crippen MR) is 136 cm³/mol. The number of halogens is 3. The van der Waals surface area contributed by atoms with Gasteiger partial charge in [0, 0.05) is 56.5 Å². The van der Waals surface area contributed by atoms with Crippen molar-refractivity contribution in [3.05, 3.63) is 55.5 Å². The number of hydrogen-bond acceptors (Lipinski definition) is 7. The molecule has 2 aliphatic heterocycles. The molecule has 1 saturated carbocycles. The molecule has 0 radical (unpaired) electrons. The lowest BCUT2D eigenvalue weighted by atomic mass is 9.89. The second-order valence-corrected chi connectivity index (χ2v) is 11.9. The van der Waals surface area contributed by atoms with E-state index in [9.17, 15) is 47.9 Å². The topological polar surface area (TPSA) is 141 Å². The molecule has 3 aliphatic rings. The monoisotopic (exact) mass is 571 g/mol. The van der Waals surface area contributed by atoms with Gasteiger partial charge >= 0.3 is 18.1 Å². The molecule has 0 aromatic heterocycles. The fraction of sp³-hybridized carbons (Fsp3) is 0.480. The molecule has 0 amide bonds. The number of piperazine rings is 1. The second-order valence-electron chi connectivity index (χ2n) is 9.81. The number of nitro groups is 1. The SMILES string of the molecule is O=C(O)/C=C(\C(=O)O)[SH]1C(N2CCN(CC3CCCCC3)CC2)=CC(=O)c2cc(C(F)(F)F)cc([N+](=O)[O-])c21. The maximum atomic E-state index is 13.5. The Morgan fingerprint density at radius 1 is 1.10 bits per heavy atom. The van der Waals surface area contributed by atoms with Crippen LogP contribution in [0.1, 0.15) is 48.0 Å². The van der Waals surface area contributed by atoms with Gasteiger partial charge in [0.1, 0.15) is 0 Å². The zero-order valence-corrected chi connectivity index (χ0v) is 21.7. The number of rotatable bonds is 7. The average molecular weight is 572 g/mol. The molecule has 1 aliphatic carbocycles. The Morgan fingerprint density at radius 3 is 2.28 bits per heavy atom. The zero-order chi connectivity index (χ0) is 28.5. The van der Waals surface area contributed by atoms with Crippen LogP contribution in [0.15, 0.2) is 39.1 Å². The van der Waals surface area contributed by atoms with Crippen LogP contribution in [-0.4, -0.2) is 75.4 Å². The first-order chi connectivity index (χ1) is 18.4. The molecule has 0 bridgehead atoms. The molecule has 2 N–H and O–H groups in total. The largest absolute Gasteiger partial charge is 0.478 e. The Balaban J connectivity index is 1.76. The van der Waals surface area contributed by atoms with Crippen LogP contribution in [-0.2, 0) is 15.8 Å². The van der Waals surface area contributed by atoms with E-state index >= 15 is 0 Å². The molecule has 14 heteroatoms. The van der Waals surface area contributed by atoms with Gasteiger partial charge in [0.05, 0.1) is 25.3 Å². The summed E-state index contributed by atoms with van der Waals surface area (Å²) in [5.74, 6) is -3.69. The smallest absolute Gasteiger partial charge is 0.416 e. The van der Waals surface area contributed by atoms with Gasteiger partial charge in [-0.3, -0.25) is 19.8 Å². The van der Waals surface area contributed by atoms with Crippen molar-refractivity contribution in [2.24, 2.45) is 5.92 Å². The number of fused-ring (bicyclic) bond motifs is 1. The van der Waals surface area contributed by atoms with E-state index in [2.05, 4.69) is 4.90 Å². The number of ketones is 1.